The highest BCUT2D eigenvalue weighted by molar-refractivity contribution is 7.80. The molecular formula is C40H70N12O11S2. The lowest BCUT2D eigenvalue weighted by Gasteiger charge is -2.28. The molecule has 10 atom stereocenters. The van der Waals surface area contributed by atoms with Gasteiger partial charge in [0.1, 0.15) is 48.3 Å². The molecule has 0 aliphatic rings. The van der Waals surface area contributed by atoms with Gasteiger partial charge < -0.3 is 69.2 Å². The minimum atomic E-state index is -1.36. The van der Waals surface area contributed by atoms with Gasteiger partial charge in [0.15, 0.2) is 0 Å². The van der Waals surface area contributed by atoms with E-state index >= 15 is 0 Å². The van der Waals surface area contributed by atoms with Crippen molar-refractivity contribution < 1.29 is 53.4 Å². The number of aliphatic hydroxyl groups is 1. The third-order valence-corrected chi connectivity index (χ3v) is 11.1. The van der Waals surface area contributed by atoms with Crippen molar-refractivity contribution >= 4 is 78.5 Å². The number of H-pyrrole nitrogens is 1. The molecule has 0 fully saturated rings. The summed E-state index contributed by atoms with van der Waals surface area (Å²) in [4.78, 5) is 125. The summed E-state index contributed by atoms with van der Waals surface area (Å²) in [5.74, 6) is -9.42. The lowest BCUT2D eigenvalue weighted by Crippen LogP contribution is -2.61. The number of aliphatic carboxylic acids is 1. The van der Waals surface area contributed by atoms with Crippen molar-refractivity contribution in [3.05, 3.63) is 18.2 Å². The number of unbranched alkanes of at least 4 members (excludes halogenated alkanes) is 1. The number of hydrogen-bond acceptors (Lipinski definition) is 15. The van der Waals surface area contributed by atoms with E-state index in [2.05, 4.69) is 77.8 Å². The molecule has 65 heavy (non-hydrogen) atoms. The first-order valence-corrected chi connectivity index (χ1v) is 22.7. The van der Waals surface area contributed by atoms with Gasteiger partial charge in [-0.15, -0.1) is 0 Å². The van der Waals surface area contributed by atoms with Crippen LogP contribution in [0.2, 0.25) is 0 Å². The zero-order chi connectivity index (χ0) is 49.6. The van der Waals surface area contributed by atoms with Gasteiger partial charge in [-0.2, -0.15) is 25.3 Å². The Labute approximate surface area is 390 Å². The quantitative estimate of drug-likeness (QED) is 0.0264. The fourth-order valence-corrected chi connectivity index (χ4v) is 6.55. The molecule has 0 aromatic carbocycles. The van der Waals surface area contributed by atoms with Crippen molar-refractivity contribution in [3.63, 3.8) is 0 Å². The number of aliphatic hydroxyl groups excluding tert-OH is 1. The number of carboxylic acid groups (broad SMARTS) is 1. The van der Waals surface area contributed by atoms with Crippen LogP contribution in [-0.4, -0.2) is 152 Å². The number of carbonyl (C=O) groups excluding carboxylic acids is 8. The van der Waals surface area contributed by atoms with Gasteiger partial charge in [0.2, 0.25) is 47.3 Å². The molecule has 1 rings (SSSR count). The number of imidazole rings is 1. The van der Waals surface area contributed by atoms with Crippen molar-refractivity contribution in [2.24, 2.45) is 29.2 Å². The molecule has 368 valence electrons. The van der Waals surface area contributed by atoms with Crippen LogP contribution in [0, 0.1) is 17.8 Å². The lowest BCUT2D eigenvalue weighted by molar-refractivity contribution is -0.143. The summed E-state index contributed by atoms with van der Waals surface area (Å²) in [7, 11) is 0. The monoisotopic (exact) mass is 958 g/mol. The third-order valence-electron chi connectivity index (χ3n) is 10.4. The molecule has 0 spiro atoms. The van der Waals surface area contributed by atoms with E-state index in [4.69, 9.17) is 11.5 Å². The van der Waals surface area contributed by atoms with Crippen molar-refractivity contribution in [1.82, 2.24) is 52.5 Å². The normalized spacial score (nSPS) is 15.9. The van der Waals surface area contributed by atoms with Gasteiger partial charge in [0.05, 0.1) is 19.0 Å². The maximum Gasteiger partial charge on any atom is 0.326 e. The standard InChI is InChI=1S/C40H70N12O11S2/c1-8-21(6)32(39(61)52-31(20(4)5)40(62)63)50-28(54)15-44-33(55)26(16-64)48-35(57)25(13-23-14-43-18-45-23)47-38(60)30(19(2)3)51-36(58)27(17-65)49-34(56)24(11-9-10-12-41)46-37(59)29(42)22(7)53/h14,18-22,24-27,29-32,53,64-65H,8-13,15-17,41-42H2,1-7H3,(H,43,45)(H,44,55)(H,46,59)(H,47,60)(H,48,57)(H,49,56)(H,50,54)(H,51,58)(H,52,61)(H,62,63)/t21-,22+,24-,25-,26-,27-,29-,30-,31-,32-/m0/s1. The van der Waals surface area contributed by atoms with Crippen LogP contribution in [0.15, 0.2) is 12.5 Å². The van der Waals surface area contributed by atoms with Gasteiger partial charge in [-0.3, -0.25) is 38.4 Å². The number of amides is 8. The zero-order valence-electron chi connectivity index (χ0n) is 38.0. The summed E-state index contributed by atoms with van der Waals surface area (Å²) in [6.45, 7) is 11.0. The Morgan fingerprint density at radius 3 is 1.68 bits per heavy atom. The molecule has 0 aliphatic heterocycles. The average molecular weight is 959 g/mol. The number of nitrogens with zero attached hydrogens (tertiary/aromatic N) is 1. The summed E-state index contributed by atoms with van der Waals surface area (Å²) in [5, 5.41) is 39.4. The highest BCUT2D eigenvalue weighted by Gasteiger charge is 2.35. The van der Waals surface area contributed by atoms with E-state index in [0.717, 1.165) is 0 Å². The van der Waals surface area contributed by atoms with E-state index in [1.54, 1.807) is 41.5 Å². The first kappa shape index (κ1) is 58.0. The molecular weight excluding hydrogens is 889 g/mol. The van der Waals surface area contributed by atoms with Crippen molar-refractivity contribution in [2.75, 3.05) is 24.6 Å². The number of carboxylic acids is 1. The SMILES string of the molecule is CC[C@H](C)[C@H](NC(=O)CNC(=O)[C@H](CS)NC(=O)[C@H](Cc1cnc[nH]1)NC(=O)[C@@H](NC(=O)[C@H](CS)NC(=O)[C@H](CCCCN)NC(=O)[C@@H](N)[C@@H](C)O)C(C)C)C(=O)N[C@H](C(=O)O)C(C)C. The van der Waals surface area contributed by atoms with E-state index in [9.17, 15) is 53.4 Å². The van der Waals surface area contributed by atoms with E-state index in [1.165, 1.54) is 19.4 Å². The van der Waals surface area contributed by atoms with Crippen LogP contribution in [0.5, 0.6) is 0 Å². The number of nitrogens with two attached hydrogens (primary N) is 2. The summed E-state index contributed by atoms with van der Waals surface area (Å²) in [6, 6.07) is -10.1. The topological polar surface area (TPSA) is 371 Å². The van der Waals surface area contributed by atoms with E-state index in [-0.39, 0.29) is 24.3 Å². The van der Waals surface area contributed by atoms with Crippen molar-refractivity contribution in [2.45, 2.75) is 135 Å². The highest BCUT2D eigenvalue weighted by Crippen LogP contribution is 2.11. The molecule has 8 amide bonds. The second-order valence-corrected chi connectivity index (χ2v) is 17.1. The predicted molar refractivity (Wildman–Crippen MR) is 246 cm³/mol. The summed E-state index contributed by atoms with van der Waals surface area (Å²) in [5.41, 5.74) is 11.8. The second-order valence-electron chi connectivity index (χ2n) is 16.4. The number of carbonyl (C=O) groups is 9. The van der Waals surface area contributed by atoms with Crippen LogP contribution < -0.4 is 54.0 Å². The predicted octanol–water partition coefficient (Wildman–Crippen LogP) is -3.40. The van der Waals surface area contributed by atoms with Crippen molar-refractivity contribution in [1.29, 1.82) is 0 Å². The highest BCUT2D eigenvalue weighted by atomic mass is 32.1. The number of aromatic amines is 1. The summed E-state index contributed by atoms with van der Waals surface area (Å²) in [6.07, 6.45) is 2.97. The molecule has 25 heteroatoms. The van der Waals surface area contributed by atoms with E-state index < -0.39 is 132 Å². The maximum atomic E-state index is 13.9. The fraction of sp³-hybridized carbons (Fsp3) is 0.700. The largest absolute Gasteiger partial charge is 0.480 e. The number of hydrogen-bond donors (Lipinski definition) is 15. The molecule has 23 nitrogen and oxygen atoms in total. The molecule has 0 aliphatic carbocycles. The van der Waals surface area contributed by atoms with Gasteiger partial charge >= 0.3 is 5.97 Å². The molecule has 1 aromatic heterocycles. The van der Waals surface area contributed by atoms with Gasteiger partial charge in [0, 0.05) is 29.8 Å². The number of thiol groups is 2. The van der Waals surface area contributed by atoms with Crippen LogP contribution in [0.25, 0.3) is 0 Å². The minimum absolute atomic E-state index is 0.138. The Kier molecular flexibility index (Phi) is 26.4. The Morgan fingerprint density at radius 2 is 1.18 bits per heavy atom. The second kappa shape index (κ2) is 29.5. The van der Waals surface area contributed by atoms with Gasteiger partial charge in [-0.05, 0) is 50.5 Å². The molecule has 1 aromatic rings. The zero-order valence-corrected chi connectivity index (χ0v) is 39.8. The molecule has 0 radical (unpaired) electrons. The van der Waals surface area contributed by atoms with Crippen LogP contribution >= 0.6 is 25.3 Å². The van der Waals surface area contributed by atoms with Crippen LogP contribution in [-0.2, 0) is 49.6 Å². The number of aromatic nitrogens is 2. The van der Waals surface area contributed by atoms with Gasteiger partial charge in [-0.1, -0.05) is 48.0 Å². The number of nitrogens with one attached hydrogen (secondary N) is 9. The minimum Gasteiger partial charge on any atom is -0.480 e. The maximum absolute atomic E-state index is 13.9. The Balaban J connectivity index is 3.16. The molecule has 15 N–H and O–H groups in total. The smallest absolute Gasteiger partial charge is 0.326 e. The Bertz CT molecular complexity index is 1740. The van der Waals surface area contributed by atoms with Gasteiger partial charge in [0.25, 0.3) is 0 Å². The van der Waals surface area contributed by atoms with Crippen LogP contribution in [0.1, 0.15) is 79.8 Å². The summed E-state index contributed by atoms with van der Waals surface area (Å²) < 4.78 is 0. The third kappa shape index (κ3) is 20.0. The van der Waals surface area contributed by atoms with Crippen LogP contribution in [0.4, 0.5) is 0 Å². The van der Waals surface area contributed by atoms with Crippen molar-refractivity contribution in [3.8, 4) is 0 Å². The summed E-state index contributed by atoms with van der Waals surface area (Å²) >= 11 is 8.42. The first-order valence-electron chi connectivity index (χ1n) is 21.5. The van der Waals surface area contributed by atoms with Crippen LogP contribution in [0.3, 0.4) is 0 Å². The average Bonchev–Trinajstić information content (AvgIpc) is 3.77. The van der Waals surface area contributed by atoms with E-state index in [0.29, 0.717) is 31.5 Å². The molecule has 1 heterocycles. The lowest BCUT2D eigenvalue weighted by atomic mass is 9.96. The number of rotatable bonds is 30. The molecule has 0 bridgehead atoms. The molecule has 0 saturated carbocycles. The van der Waals surface area contributed by atoms with Gasteiger partial charge in [-0.25, -0.2) is 9.78 Å². The molecule has 0 unspecified atom stereocenters. The van der Waals surface area contributed by atoms with E-state index in [1.807, 2.05) is 0 Å². The fourth-order valence-electron chi connectivity index (χ4n) is 6.03. The Morgan fingerprint density at radius 1 is 0.677 bits per heavy atom. The Hall–Kier alpha value is -4.98. The first-order chi connectivity index (χ1) is 30.5. The molecule has 0 saturated heterocycles.